The third-order valence-electron chi connectivity index (χ3n) is 3.80. The fraction of sp³-hybridized carbons (Fsp3) is 0.0526. The quantitative estimate of drug-likeness (QED) is 0.587. The maximum atomic E-state index is 13.4. The van der Waals surface area contributed by atoms with E-state index < -0.39 is 0 Å². The van der Waals surface area contributed by atoms with Crippen molar-refractivity contribution >= 4 is 16.9 Å². The van der Waals surface area contributed by atoms with Crippen LogP contribution in [0.25, 0.3) is 22.4 Å². The van der Waals surface area contributed by atoms with Crippen LogP contribution in [-0.2, 0) is 6.54 Å². The second-order valence-electron chi connectivity index (χ2n) is 5.49. The zero-order valence-electron chi connectivity index (χ0n) is 12.8. The molecule has 0 spiro atoms. The Morgan fingerprint density at radius 1 is 1.00 bits per heavy atom. The predicted molar refractivity (Wildman–Crippen MR) is 93.1 cm³/mol. The average molecular weight is 318 g/mol. The summed E-state index contributed by atoms with van der Waals surface area (Å²) in [6.45, 7) is 0.662. The Morgan fingerprint density at radius 2 is 1.88 bits per heavy atom. The molecule has 118 valence electrons. The minimum atomic E-state index is -0.284. The topological polar surface area (TPSA) is 53.6 Å². The number of benzene rings is 2. The average Bonchev–Trinajstić information content (AvgIpc) is 3.06. The first-order valence-electron chi connectivity index (χ1n) is 7.68. The predicted octanol–water partition coefficient (Wildman–Crippen LogP) is 4.38. The molecule has 0 aliphatic heterocycles. The van der Waals surface area contributed by atoms with Crippen LogP contribution < -0.4 is 5.32 Å². The van der Waals surface area contributed by atoms with Crippen LogP contribution in [0.5, 0.6) is 0 Å². The maximum Gasteiger partial charge on any atom is 0.154 e. The minimum absolute atomic E-state index is 0.284. The number of fused-ring (bicyclic) bond motifs is 1. The number of halogens is 1. The van der Waals surface area contributed by atoms with E-state index in [0.29, 0.717) is 23.8 Å². The van der Waals surface area contributed by atoms with E-state index in [1.54, 1.807) is 12.3 Å². The number of hydrogen-bond donors (Lipinski definition) is 2. The zero-order valence-corrected chi connectivity index (χ0v) is 12.8. The number of imidazole rings is 1. The van der Waals surface area contributed by atoms with Crippen molar-refractivity contribution in [1.82, 2.24) is 15.0 Å². The third-order valence-corrected chi connectivity index (χ3v) is 3.80. The summed E-state index contributed by atoms with van der Waals surface area (Å²) in [5.41, 5.74) is 3.48. The lowest BCUT2D eigenvalue weighted by atomic mass is 10.2. The molecule has 2 aromatic heterocycles. The van der Waals surface area contributed by atoms with E-state index in [1.807, 2.05) is 30.3 Å². The first-order valence-corrected chi connectivity index (χ1v) is 7.68. The molecule has 4 nitrogen and oxygen atoms in total. The summed E-state index contributed by atoms with van der Waals surface area (Å²) in [6.07, 6.45) is 1.73. The largest absolute Gasteiger partial charge is 0.364 e. The first-order chi connectivity index (χ1) is 11.8. The number of hydrogen-bond acceptors (Lipinski definition) is 3. The van der Waals surface area contributed by atoms with Crippen LogP contribution in [0.15, 0.2) is 66.9 Å². The van der Waals surface area contributed by atoms with Gasteiger partial charge in [-0.3, -0.25) is 0 Å². The van der Waals surface area contributed by atoms with Gasteiger partial charge >= 0.3 is 0 Å². The number of pyridine rings is 1. The molecule has 2 heterocycles. The Labute approximate surface area is 138 Å². The Morgan fingerprint density at radius 3 is 2.71 bits per heavy atom. The highest BCUT2D eigenvalue weighted by atomic mass is 19.1. The van der Waals surface area contributed by atoms with Gasteiger partial charge in [0, 0.05) is 18.3 Å². The molecule has 24 heavy (non-hydrogen) atoms. The molecule has 0 saturated carbocycles. The van der Waals surface area contributed by atoms with E-state index in [-0.39, 0.29) is 5.82 Å². The van der Waals surface area contributed by atoms with Crippen LogP contribution in [-0.4, -0.2) is 15.0 Å². The minimum Gasteiger partial charge on any atom is -0.364 e. The highest BCUT2D eigenvalue weighted by Gasteiger charge is 2.10. The molecular weight excluding hydrogens is 303 g/mol. The van der Waals surface area contributed by atoms with Crippen molar-refractivity contribution in [3.8, 4) is 11.4 Å². The van der Waals surface area contributed by atoms with E-state index in [2.05, 4.69) is 32.4 Å². The molecular formula is C19H15FN4. The molecule has 0 aliphatic rings. The number of nitrogens with one attached hydrogen (secondary N) is 2. The highest BCUT2D eigenvalue weighted by molar-refractivity contribution is 5.88. The molecule has 0 radical (unpaired) electrons. The van der Waals surface area contributed by atoms with Crippen molar-refractivity contribution in [3.05, 3.63) is 78.2 Å². The van der Waals surface area contributed by atoms with Crippen molar-refractivity contribution in [1.29, 1.82) is 0 Å². The molecule has 0 bridgehead atoms. The first kappa shape index (κ1) is 14.4. The van der Waals surface area contributed by atoms with Crippen LogP contribution in [0.4, 0.5) is 10.2 Å². The summed E-state index contributed by atoms with van der Waals surface area (Å²) in [5.74, 6) is 1.05. The number of rotatable bonds is 4. The smallest absolute Gasteiger partial charge is 0.154 e. The molecule has 0 saturated heterocycles. The van der Waals surface area contributed by atoms with Crippen LogP contribution >= 0.6 is 0 Å². The van der Waals surface area contributed by atoms with Gasteiger partial charge in [0.05, 0.1) is 5.52 Å². The van der Waals surface area contributed by atoms with Gasteiger partial charge in [-0.05, 0) is 23.8 Å². The summed E-state index contributed by atoms with van der Waals surface area (Å²) in [6, 6.07) is 18.3. The Hall–Kier alpha value is -3.21. The van der Waals surface area contributed by atoms with E-state index in [9.17, 15) is 4.39 Å². The molecule has 4 rings (SSSR count). The summed E-state index contributed by atoms with van der Waals surface area (Å²) in [5, 5.41) is 3.31. The van der Waals surface area contributed by atoms with Crippen LogP contribution in [0.3, 0.4) is 0 Å². The Bertz CT molecular complexity index is 979. The van der Waals surface area contributed by atoms with Crippen LogP contribution in [0.2, 0.25) is 0 Å². The number of anilines is 1. The standard InChI is InChI=1S/C19H15FN4/c20-15-8-4-7-14(11-15)18-23-16-9-10-21-19(17(16)24-18)22-12-13-5-2-1-3-6-13/h1-11H,12H2,(H,21,22)(H,23,24). The third kappa shape index (κ3) is 2.84. The van der Waals surface area contributed by atoms with Gasteiger partial charge < -0.3 is 10.3 Å². The lowest BCUT2D eigenvalue weighted by Crippen LogP contribution is -2.01. The molecule has 4 aromatic rings. The van der Waals surface area contributed by atoms with E-state index in [0.717, 1.165) is 16.6 Å². The van der Waals surface area contributed by atoms with Crippen molar-refractivity contribution in [2.24, 2.45) is 0 Å². The van der Waals surface area contributed by atoms with Crippen LogP contribution in [0, 0.1) is 5.82 Å². The molecule has 2 N–H and O–H groups in total. The summed E-state index contributed by atoms with van der Waals surface area (Å²) < 4.78 is 13.4. The number of aromatic amines is 1. The van der Waals surface area contributed by atoms with Crippen molar-refractivity contribution in [2.75, 3.05) is 5.32 Å². The van der Waals surface area contributed by atoms with Gasteiger partial charge in [-0.15, -0.1) is 0 Å². The SMILES string of the molecule is Fc1cccc(-c2nc3c(NCc4ccccc4)nccc3[nH]2)c1. The van der Waals surface area contributed by atoms with Gasteiger partial charge in [-0.1, -0.05) is 42.5 Å². The Balaban J connectivity index is 1.67. The van der Waals surface area contributed by atoms with Crippen molar-refractivity contribution in [3.63, 3.8) is 0 Å². The van der Waals surface area contributed by atoms with E-state index in [4.69, 9.17) is 0 Å². The second-order valence-corrected chi connectivity index (χ2v) is 5.49. The number of aromatic nitrogens is 3. The maximum absolute atomic E-state index is 13.4. The van der Waals surface area contributed by atoms with E-state index in [1.165, 1.54) is 12.1 Å². The van der Waals surface area contributed by atoms with Gasteiger partial charge in [-0.2, -0.15) is 0 Å². The van der Waals surface area contributed by atoms with Gasteiger partial charge in [-0.25, -0.2) is 14.4 Å². The van der Waals surface area contributed by atoms with Gasteiger partial charge in [0.1, 0.15) is 17.2 Å². The zero-order chi connectivity index (χ0) is 16.4. The lowest BCUT2D eigenvalue weighted by Gasteiger charge is -2.05. The monoisotopic (exact) mass is 318 g/mol. The molecule has 0 amide bonds. The van der Waals surface area contributed by atoms with Gasteiger partial charge in [0.25, 0.3) is 0 Å². The molecule has 0 aliphatic carbocycles. The van der Waals surface area contributed by atoms with E-state index >= 15 is 0 Å². The highest BCUT2D eigenvalue weighted by Crippen LogP contribution is 2.24. The second kappa shape index (κ2) is 6.12. The summed E-state index contributed by atoms with van der Waals surface area (Å²) >= 11 is 0. The number of H-pyrrole nitrogens is 1. The molecule has 5 heteroatoms. The molecule has 0 fully saturated rings. The van der Waals surface area contributed by atoms with Crippen molar-refractivity contribution in [2.45, 2.75) is 6.54 Å². The van der Waals surface area contributed by atoms with Gasteiger partial charge in [0.2, 0.25) is 0 Å². The molecule has 2 aromatic carbocycles. The summed E-state index contributed by atoms with van der Waals surface area (Å²) in [4.78, 5) is 12.2. The summed E-state index contributed by atoms with van der Waals surface area (Å²) in [7, 11) is 0. The van der Waals surface area contributed by atoms with Crippen molar-refractivity contribution < 1.29 is 4.39 Å². The normalized spacial score (nSPS) is 10.9. The molecule has 0 unspecified atom stereocenters. The number of nitrogens with zero attached hydrogens (tertiary/aromatic N) is 2. The Kier molecular flexibility index (Phi) is 3.67. The van der Waals surface area contributed by atoms with Crippen LogP contribution in [0.1, 0.15) is 5.56 Å². The lowest BCUT2D eigenvalue weighted by molar-refractivity contribution is 0.628. The fourth-order valence-electron chi connectivity index (χ4n) is 2.62. The molecule has 0 atom stereocenters. The fourth-order valence-corrected chi connectivity index (χ4v) is 2.62. The van der Waals surface area contributed by atoms with Gasteiger partial charge in [0.15, 0.2) is 5.82 Å².